The fourth-order valence-electron chi connectivity index (χ4n) is 3.11. The van der Waals surface area contributed by atoms with Crippen LogP contribution in [0.1, 0.15) is 52.0 Å². The van der Waals surface area contributed by atoms with Crippen LogP contribution in [0.2, 0.25) is 0 Å². The number of amides is 2. The van der Waals surface area contributed by atoms with Crippen molar-refractivity contribution in [3.8, 4) is 0 Å². The number of nitrogens with zero attached hydrogens (tertiary/aromatic N) is 2. The third kappa shape index (κ3) is 4.63. The minimum Gasteiger partial charge on any atom is -0.371 e. The molecule has 0 atom stereocenters. The fourth-order valence-corrected chi connectivity index (χ4v) is 3.11. The molecule has 2 rings (SSSR count). The van der Waals surface area contributed by atoms with Crippen molar-refractivity contribution >= 4 is 11.7 Å². The lowest BCUT2D eigenvalue weighted by Gasteiger charge is -2.38. The van der Waals surface area contributed by atoms with Gasteiger partial charge in [-0.1, -0.05) is 26.0 Å². The second kappa shape index (κ2) is 7.71. The summed E-state index contributed by atoms with van der Waals surface area (Å²) in [4.78, 5) is 16.4. The first-order valence-corrected chi connectivity index (χ1v) is 8.76. The molecule has 2 amide bonds. The summed E-state index contributed by atoms with van der Waals surface area (Å²) in [5.41, 5.74) is 2.70. The van der Waals surface area contributed by atoms with Gasteiger partial charge in [-0.2, -0.15) is 0 Å². The standard InChI is InChI=1S/C19H31N3O/c1-14(2)16-7-6-8-18(13-16)22-11-9-17(10-12-22)21(5)19(23)20-15(3)4/h6-8,13-15,17H,9-12H2,1-5H3,(H,20,23). The number of hydrogen-bond acceptors (Lipinski definition) is 2. The first-order valence-electron chi connectivity index (χ1n) is 8.76. The molecule has 1 fully saturated rings. The summed E-state index contributed by atoms with van der Waals surface area (Å²) in [7, 11) is 1.91. The number of rotatable bonds is 4. The van der Waals surface area contributed by atoms with Crippen molar-refractivity contribution in [1.82, 2.24) is 10.2 Å². The summed E-state index contributed by atoms with van der Waals surface area (Å²) in [6.07, 6.45) is 2.04. The fraction of sp³-hybridized carbons (Fsp3) is 0.632. The van der Waals surface area contributed by atoms with Crippen LogP contribution in [0.25, 0.3) is 0 Å². The monoisotopic (exact) mass is 317 g/mol. The molecular formula is C19H31N3O. The average Bonchev–Trinajstić information content (AvgIpc) is 2.53. The van der Waals surface area contributed by atoms with Crippen molar-refractivity contribution in [2.45, 2.75) is 58.5 Å². The van der Waals surface area contributed by atoms with Crippen molar-refractivity contribution in [3.63, 3.8) is 0 Å². The van der Waals surface area contributed by atoms with Gasteiger partial charge in [-0.05, 0) is 50.3 Å². The number of anilines is 1. The van der Waals surface area contributed by atoms with Crippen molar-refractivity contribution in [2.24, 2.45) is 0 Å². The molecule has 128 valence electrons. The van der Waals surface area contributed by atoms with E-state index < -0.39 is 0 Å². The van der Waals surface area contributed by atoms with Crippen molar-refractivity contribution in [2.75, 3.05) is 25.0 Å². The maximum absolute atomic E-state index is 12.1. The zero-order valence-electron chi connectivity index (χ0n) is 15.2. The second-order valence-electron chi connectivity index (χ2n) is 7.18. The highest BCUT2D eigenvalue weighted by Gasteiger charge is 2.25. The molecule has 1 aromatic carbocycles. The van der Waals surface area contributed by atoms with Crippen LogP contribution in [0.3, 0.4) is 0 Å². The predicted molar refractivity (Wildman–Crippen MR) is 97.2 cm³/mol. The Bertz CT molecular complexity index is 519. The lowest BCUT2D eigenvalue weighted by molar-refractivity contribution is 0.177. The van der Waals surface area contributed by atoms with E-state index in [1.807, 2.05) is 25.8 Å². The SMILES string of the molecule is CC(C)NC(=O)N(C)C1CCN(c2cccc(C(C)C)c2)CC1. The Hall–Kier alpha value is -1.71. The van der Waals surface area contributed by atoms with Crippen LogP contribution in [0.4, 0.5) is 10.5 Å². The summed E-state index contributed by atoms with van der Waals surface area (Å²) in [5.74, 6) is 0.554. The maximum atomic E-state index is 12.1. The Morgan fingerprint density at radius 1 is 1.22 bits per heavy atom. The Labute approximate surface area is 140 Å². The number of urea groups is 1. The molecule has 4 nitrogen and oxygen atoms in total. The lowest BCUT2D eigenvalue weighted by atomic mass is 10.00. The van der Waals surface area contributed by atoms with Gasteiger partial charge < -0.3 is 15.1 Å². The summed E-state index contributed by atoms with van der Waals surface area (Å²) >= 11 is 0. The van der Waals surface area contributed by atoms with Gasteiger partial charge in [0.05, 0.1) is 0 Å². The van der Waals surface area contributed by atoms with Crippen LogP contribution >= 0.6 is 0 Å². The summed E-state index contributed by atoms with van der Waals surface area (Å²) in [6.45, 7) is 10.5. The first-order chi connectivity index (χ1) is 10.9. The van der Waals surface area contributed by atoms with Gasteiger partial charge in [-0.3, -0.25) is 0 Å². The van der Waals surface area contributed by atoms with Crippen molar-refractivity contribution < 1.29 is 4.79 Å². The highest BCUT2D eigenvalue weighted by molar-refractivity contribution is 5.74. The maximum Gasteiger partial charge on any atom is 0.317 e. The molecule has 1 saturated heterocycles. The molecule has 0 aromatic heterocycles. The van der Waals surface area contributed by atoms with E-state index >= 15 is 0 Å². The van der Waals surface area contributed by atoms with Gasteiger partial charge in [0, 0.05) is 37.9 Å². The minimum atomic E-state index is 0.0419. The molecule has 0 radical (unpaired) electrons. The Morgan fingerprint density at radius 2 is 1.87 bits per heavy atom. The molecule has 23 heavy (non-hydrogen) atoms. The third-order valence-electron chi connectivity index (χ3n) is 4.65. The Morgan fingerprint density at radius 3 is 2.43 bits per heavy atom. The number of benzene rings is 1. The van der Waals surface area contributed by atoms with Crippen LogP contribution in [0.5, 0.6) is 0 Å². The van der Waals surface area contributed by atoms with E-state index in [0.717, 1.165) is 25.9 Å². The zero-order valence-corrected chi connectivity index (χ0v) is 15.2. The van der Waals surface area contributed by atoms with Gasteiger partial charge in [0.25, 0.3) is 0 Å². The van der Waals surface area contributed by atoms with Gasteiger partial charge >= 0.3 is 6.03 Å². The molecule has 1 aliphatic heterocycles. The van der Waals surface area contributed by atoms with Gasteiger partial charge in [0.2, 0.25) is 0 Å². The molecule has 0 saturated carbocycles. The van der Waals surface area contributed by atoms with E-state index in [9.17, 15) is 4.79 Å². The van der Waals surface area contributed by atoms with E-state index in [-0.39, 0.29) is 12.1 Å². The average molecular weight is 317 g/mol. The quantitative estimate of drug-likeness (QED) is 0.916. The zero-order chi connectivity index (χ0) is 17.0. The number of carbonyl (C=O) groups excluding carboxylic acids is 1. The predicted octanol–water partition coefficient (Wildman–Crippen LogP) is 3.83. The molecule has 1 aromatic rings. The molecule has 4 heteroatoms. The highest BCUT2D eigenvalue weighted by Crippen LogP contribution is 2.25. The van der Waals surface area contributed by atoms with Crippen LogP contribution < -0.4 is 10.2 Å². The van der Waals surface area contributed by atoms with Gasteiger partial charge in [0.15, 0.2) is 0 Å². The third-order valence-corrected chi connectivity index (χ3v) is 4.65. The van der Waals surface area contributed by atoms with Crippen LogP contribution in [-0.4, -0.2) is 43.2 Å². The molecule has 0 bridgehead atoms. The van der Waals surface area contributed by atoms with Gasteiger partial charge in [-0.15, -0.1) is 0 Å². The topological polar surface area (TPSA) is 35.6 Å². The van der Waals surface area contributed by atoms with Gasteiger partial charge in [-0.25, -0.2) is 4.79 Å². The molecule has 0 spiro atoms. The van der Waals surface area contributed by atoms with E-state index in [1.54, 1.807) is 0 Å². The van der Waals surface area contributed by atoms with Gasteiger partial charge in [0.1, 0.15) is 0 Å². The molecule has 0 aliphatic carbocycles. The van der Waals surface area contributed by atoms with E-state index in [4.69, 9.17) is 0 Å². The summed E-state index contributed by atoms with van der Waals surface area (Å²) in [5, 5.41) is 2.98. The van der Waals surface area contributed by atoms with Crippen molar-refractivity contribution in [1.29, 1.82) is 0 Å². The molecule has 1 aliphatic rings. The van der Waals surface area contributed by atoms with Crippen LogP contribution in [-0.2, 0) is 0 Å². The van der Waals surface area contributed by atoms with E-state index in [0.29, 0.717) is 12.0 Å². The first kappa shape index (κ1) is 17.6. The molecule has 0 unspecified atom stereocenters. The largest absolute Gasteiger partial charge is 0.371 e. The molecular weight excluding hydrogens is 286 g/mol. The molecule has 1 heterocycles. The molecule has 1 N–H and O–H groups in total. The number of nitrogens with one attached hydrogen (secondary N) is 1. The summed E-state index contributed by atoms with van der Waals surface area (Å²) < 4.78 is 0. The summed E-state index contributed by atoms with van der Waals surface area (Å²) in [6, 6.07) is 9.41. The number of piperidine rings is 1. The Kier molecular flexibility index (Phi) is 5.91. The van der Waals surface area contributed by atoms with Crippen molar-refractivity contribution in [3.05, 3.63) is 29.8 Å². The van der Waals surface area contributed by atoms with E-state index in [1.165, 1.54) is 11.3 Å². The number of hydrogen-bond donors (Lipinski definition) is 1. The number of carbonyl (C=O) groups is 1. The highest BCUT2D eigenvalue weighted by atomic mass is 16.2. The van der Waals surface area contributed by atoms with Crippen LogP contribution in [0.15, 0.2) is 24.3 Å². The smallest absolute Gasteiger partial charge is 0.317 e. The Balaban J connectivity index is 1.93. The minimum absolute atomic E-state index is 0.0419. The normalized spacial score (nSPS) is 16.0. The lowest BCUT2D eigenvalue weighted by Crippen LogP contribution is -2.50. The van der Waals surface area contributed by atoms with E-state index in [2.05, 4.69) is 48.3 Å². The van der Waals surface area contributed by atoms with Crippen LogP contribution in [0, 0.1) is 0 Å². The second-order valence-corrected chi connectivity index (χ2v) is 7.18.